The van der Waals surface area contributed by atoms with Gasteiger partial charge in [0.25, 0.3) is 0 Å². The van der Waals surface area contributed by atoms with Crippen LogP contribution in [0, 0.1) is 5.82 Å². The largest absolute Gasteiger partial charge is 0.255 e. The minimum Gasteiger partial charge on any atom is -0.255 e. The SMILES string of the molecule is CS(=O)/C=C/c1ccc(F)cc1. The van der Waals surface area contributed by atoms with Crippen molar-refractivity contribution in [3.8, 4) is 0 Å². The Balaban J connectivity index is 2.77. The fourth-order valence-corrected chi connectivity index (χ4v) is 1.10. The molecule has 0 saturated carbocycles. The molecule has 64 valence electrons. The highest BCUT2D eigenvalue weighted by Crippen LogP contribution is 2.04. The molecule has 0 aliphatic rings. The first kappa shape index (κ1) is 9.13. The zero-order valence-electron chi connectivity index (χ0n) is 6.66. The van der Waals surface area contributed by atoms with E-state index in [1.807, 2.05) is 0 Å². The van der Waals surface area contributed by atoms with Gasteiger partial charge in [-0.1, -0.05) is 12.1 Å². The predicted molar refractivity (Wildman–Crippen MR) is 49.5 cm³/mol. The van der Waals surface area contributed by atoms with Gasteiger partial charge < -0.3 is 0 Å². The third kappa shape index (κ3) is 2.96. The highest BCUT2D eigenvalue weighted by atomic mass is 32.2. The second-order valence-electron chi connectivity index (χ2n) is 2.35. The summed E-state index contributed by atoms with van der Waals surface area (Å²) >= 11 is 0. The topological polar surface area (TPSA) is 17.1 Å². The molecule has 0 saturated heterocycles. The molecule has 0 aromatic heterocycles. The molecule has 0 amide bonds. The van der Waals surface area contributed by atoms with Gasteiger partial charge in [0.05, 0.1) is 0 Å². The average Bonchev–Trinajstić information content (AvgIpc) is 2.03. The first-order valence-electron chi connectivity index (χ1n) is 3.44. The van der Waals surface area contributed by atoms with Gasteiger partial charge in [-0.05, 0) is 23.8 Å². The molecule has 1 aromatic rings. The molecule has 0 bridgehead atoms. The Morgan fingerprint density at radius 3 is 2.42 bits per heavy atom. The van der Waals surface area contributed by atoms with Crippen LogP contribution < -0.4 is 0 Å². The van der Waals surface area contributed by atoms with Gasteiger partial charge in [-0.2, -0.15) is 0 Å². The van der Waals surface area contributed by atoms with Crippen LogP contribution in [0.3, 0.4) is 0 Å². The summed E-state index contributed by atoms with van der Waals surface area (Å²) in [5, 5.41) is 1.56. The van der Waals surface area contributed by atoms with Gasteiger partial charge in [-0.15, -0.1) is 0 Å². The van der Waals surface area contributed by atoms with E-state index in [1.165, 1.54) is 12.1 Å². The molecule has 1 atom stereocenters. The van der Waals surface area contributed by atoms with E-state index in [0.29, 0.717) is 0 Å². The van der Waals surface area contributed by atoms with Gasteiger partial charge in [-0.25, -0.2) is 4.39 Å². The van der Waals surface area contributed by atoms with Crippen LogP contribution in [0.2, 0.25) is 0 Å². The summed E-state index contributed by atoms with van der Waals surface area (Å²) in [4.78, 5) is 0. The first-order chi connectivity index (χ1) is 5.68. The Hall–Kier alpha value is -0.960. The second-order valence-corrected chi connectivity index (χ2v) is 3.62. The number of halogens is 1. The first-order valence-corrected chi connectivity index (χ1v) is 5.06. The summed E-state index contributed by atoms with van der Waals surface area (Å²) in [5.74, 6) is -0.259. The third-order valence-electron chi connectivity index (χ3n) is 1.32. The van der Waals surface area contributed by atoms with Gasteiger partial charge in [0.15, 0.2) is 0 Å². The molecule has 0 heterocycles. The smallest absolute Gasteiger partial charge is 0.123 e. The van der Waals surface area contributed by atoms with Gasteiger partial charge in [0, 0.05) is 22.5 Å². The summed E-state index contributed by atoms with van der Waals surface area (Å²) in [6.07, 6.45) is 3.29. The van der Waals surface area contributed by atoms with Crippen LogP contribution in [0.25, 0.3) is 6.08 Å². The van der Waals surface area contributed by atoms with Crippen LogP contribution >= 0.6 is 0 Å². The molecule has 1 rings (SSSR count). The fraction of sp³-hybridized carbons (Fsp3) is 0.111. The summed E-state index contributed by atoms with van der Waals surface area (Å²) in [6.45, 7) is 0. The highest BCUT2D eigenvalue weighted by molar-refractivity contribution is 7.87. The zero-order chi connectivity index (χ0) is 8.97. The van der Waals surface area contributed by atoms with Crippen molar-refractivity contribution in [2.45, 2.75) is 0 Å². The van der Waals surface area contributed by atoms with E-state index >= 15 is 0 Å². The molecular weight excluding hydrogens is 175 g/mol. The molecular formula is C9H9FOS. The van der Waals surface area contributed by atoms with E-state index in [-0.39, 0.29) is 5.82 Å². The molecule has 1 aromatic carbocycles. The molecule has 0 radical (unpaired) electrons. The van der Waals surface area contributed by atoms with E-state index < -0.39 is 10.8 Å². The Morgan fingerprint density at radius 1 is 1.33 bits per heavy atom. The molecule has 12 heavy (non-hydrogen) atoms. The quantitative estimate of drug-likeness (QED) is 0.688. The van der Waals surface area contributed by atoms with E-state index in [1.54, 1.807) is 29.9 Å². The van der Waals surface area contributed by atoms with Crippen LogP contribution in [0.1, 0.15) is 5.56 Å². The van der Waals surface area contributed by atoms with Crippen molar-refractivity contribution in [3.63, 3.8) is 0 Å². The van der Waals surface area contributed by atoms with Gasteiger partial charge in [0.2, 0.25) is 0 Å². The molecule has 0 N–H and O–H groups in total. The number of hydrogen-bond acceptors (Lipinski definition) is 1. The van der Waals surface area contributed by atoms with Crippen molar-refractivity contribution in [2.24, 2.45) is 0 Å². The maximum atomic E-state index is 12.4. The lowest BCUT2D eigenvalue weighted by Gasteiger charge is -1.91. The number of rotatable bonds is 2. The normalized spacial score (nSPS) is 13.5. The van der Waals surface area contributed by atoms with Crippen molar-refractivity contribution >= 4 is 16.9 Å². The minimum absolute atomic E-state index is 0.259. The lowest BCUT2D eigenvalue weighted by atomic mass is 10.2. The average molecular weight is 184 g/mol. The molecule has 3 heteroatoms. The second kappa shape index (κ2) is 4.16. The Kier molecular flexibility index (Phi) is 3.17. The molecule has 1 nitrogen and oxygen atoms in total. The molecule has 0 aliphatic heterocycles. The highest BCUT2D eigenvalue weighted by Gasteiger charge is 1.88. The lowest BCUT2D eigenvalue weighted by Crippen LogP contribution is -1.77. The van der Waals surface area contributed by atoms with Crippen molar-refractivity contribution < 1.29 is 8.60 Å². The fourth-order valence-electron chi connectivity index (χ4n) is 0.748. The van der Waals surface area contributed by atoms with Crippen molar-refractivity contribution in [3.05, 3.63) is 41.1 Å². The predicted octanol–water partition coefficient (Wildman–Crippen LogP) is 2.17. The maximum absolute atomic E-state index is 12.4. The number of benzene rings is 1. The van der Waals surface area contributed by atoms with Crippen molar-refractivity contribution in [1.82, 2.24) is 0 Å². The summed E-state index contributed by atoms with van der Waals surface area (Å²) in [5.41, 5.74) is 0.853. The standard InChI is InChI=1S/C9H9FOS/c1-12(11)7-6-8-2-4-9(10)5-3-8/h2-7H,1H3/b7-6+. The van der Waals surface area contributed by atoms with E-state index in [4.69, 9.17) is 0 Å². The monoisotopic (exact) mass is 184 g/mol. The van der Waals surface area contributed by atoms with E-state index in [9.17, 15) is 8.60 Å². The molecule has 1 unspecified atom stereocenters. The summed E-state index contributed by atoms with van der Waals surface area (Å²) in [7, 11) is -0.946. The third-order valence-corrected chi connectivity index (χ3v) is 1.84. The Bertz CT molecular complexity index is 303. The van der Waals surface area contributed by atoms with Crippen molar-refractivity contribution in [2.75, 3.05) is 6.26 Å². The molecule has 0 spiro atoms. The van der Waals surface area contributed by atoms with Gasteiger partial charge >= 0.3 is 0 Å². The summed E-state index contributed by atoms with van der Waals surface area (Å²) < 4.78 is 23.0. The van der Waals surface area contributed by atoms with Gasteiger partial charge in [-0.3, -0.25) is 4.21 Å². The maximum Gasteiger partial charge on any atom is 0.123 e. The molecule has 0 fully saturated rings. The summed E-state index contributed by atoms with van der Waals surface area (Å²) in [6, 6.07) is 6.02. The zero-order valence-corrected chi connectivity index (χ0v) is 7.48. The Labute approximate surface area is 73.4 Å². The van der Waals surface area contributed by atoms with Crippen LogP contribution in [0.15, 0.2) is 29.7 Å². The van der Waals surface area contributed by atoms with E-state index in [0.717, 1.165) is 5.56 Å². The van der Waals surface area contributed by atoms with Gasteiger partial charge in [0.1, 0.15) is 5.82 Å². The van der Waals surface area contributed by atoms with Crippen LogP contribution in [-0.4, -0.2) is 10.5 Å². The van der Waals surface area contributed by atoms with E-state index in [2.05, 4.69) is 0 Å². The lowest BCUT2D eigenvalue weighted by molar-refractivity contribution is 0.628. The van der Waals surface area contributed by atoms with Crippen LogP contribution in [0.4, 0.5) is 4.39 Å². The van der Waals surface area contributed by atoms with Crippen LogP contribution in [-0.2, 0) is 10.8 Å². The Morgan fingerprint density at radius 2 is 1.92 bits per heavy atom. The molecule has 0 aliphatic carbocycles. The minimum atomic E-state index is -0.946. The van der Waals surface area contributed by atoms with Crippen molar-refractivity contribution in [1.29, 1.82) is 0 Å². The number of hydrogen-bond donors (Lipinski definition) is 0. The van der Waals surface area contributed by atoms with Crippen LogP contribution in [0.5, 0.6) is 0 Å².